The van der Waals surface area contributed by atoms with E-state index in [0.717, 1.165) is 24.3 Å². The van der Waals surface area contributed by atoms with Crippen LogP contribution in [0.15, 0.2) is 127 Å². The van der Waals surface area contributed by atoms with Crippen LogP contribution in [0, 0.1) is 0 Å². The molecule has 22 heteroatoms. The van der Waals surface area contributed by atoms with Gasteiger partial charge in [0.25, 0.3) is 20.2 Å². The number of carbonyl (C=O) groups excluding carboxylic acids is 2. The molecule has 6 aromatic carbocycles. The molecule has 6 rings (SSSR count). The molecule has 8 N–H and O–H groups in total. The van der Waals surface area contributed by atoms with Crippen molar-refractivity contribution in [3.8, 4) is 11.5 Å². The number of hydrogen-bond acceptors (Lipinski definition) is 14. The van der Waals surface area contributed by atoms with E-state index in [1.807, 2.05) is 0 Å². The summed E-state index contributed by atoms with van der Waals surface area (Å²) in [5.41, 5.74) is -1.84. The third-order valence-corrected chi connectivity index (χ3v) is 9.83. The van der Waals surface area contributed by atoms with E-state index in [4.69, 9.17) is 0 Å². The minimum atomic E-state index is -5.06. The number of benzene rings is 6. The topological polar surface area (TPSA) is 331 Å². The monoisotopic (exact) mass is 828 g/mol. The highest BCUT2D eigenvalue weighted by Gasteiger charge is 2.25. The number of anilines is 2. The standard InChI is InChI=1S/C36H24N6O14S2/c43-31-25-9-7-21(13-19(25)15-27(57(51,52)53)29(31)41-39-23-5-1-3-17(11-23)35(47)48)37-33(45)34(46)38-22-8-10-26-20(14-22)16-28(58(54,55)56)30(32(26)44)42-40-24-6-2-4-18(12-24)36(49)50/h1-16,43-44H,(H,37,45)(H,38,46)(H,47,48)(H,49,50)(H,51,52,53)(H,54,55,56). The fraction of sp³-hybridized carbons (Fsp3) is 0. The average Bonchev–Trinajstić information content (AvgIpc) is 3.16. The molecule has 0 saturated carbocycles. The minimum Gasteiger partial charge on any atom is -0.505 e. The molecule has 0 aliphatic carbocycles. The van der Waals surface area contributed by atoms with Crippen molar-refractivity contribution >= 4 is 99.7 Å². The molecule has 2 amide bonds. The van der Waals surface area contributed by atoms with Gasteiger partial charge in [-0.3, -0.25) is 18.7 Å². The lowest BCUT2D eigenvalue weighted by atomic mass is 10.1. The molecule has 20 nitrogen and oxygen atoms in total. The molecule has 6 aromatic rings. The normalized spacial score (nSPS) is 12.0. The van der Waals surface area contributed by atoms with Crippen LogP contribution >= 0.6 is 0 Å². The molecule has 0 spiro atoms. The summed E-state index contributed by atoms with van der Waals surface area (Å²) in [5.74, 6) is -6.54. The summed E-state index contributed by atoms with van der Waals surface area (Å²) in [4.78, 5) is 46.6. The Bertz CT molecular complexity index is 2840. The first-order valence-electron chi connectivity index (χ1n) is 16.0. The number of amides is 2. The number of phenolic OH excluding ortho intramolecular Hbond substituents is 2. The van der Waals surface area contributed by atoms with Crippen molar-refractivity contribution in [1.29, 1.82) is 0 Å². The molecule has 0 unspecified atom stereocenters. The summed E-state index contributed by atoms with van der Waals surface area (Å²) < 4.78 is 69.0. The lowest BCUT2D eigenvalue weighted by Gasteiger charge is -2.12. The van der Waals surface area contributed by atoms with Crippen LogP contribution in [-0.4, -0.2) is 70.1 Å². The highest BCUT2D eigenvalue weighted by Crippen LogP contribution is 2.43. The van der Waals surface area contributed by atoms with Gasteiger partial charge in [-0.25, -0.2) is 9.59 Å². The Morgan fingerprint density at radius 1 is 0.500 bits per heavy atom. The van der Waals surface area contributed by atoms with Crippen molar-refractivity contribution in [2.75, 3.05) is 10.6 Å². The van der Waals surface area contributed by atoms with E-state index in [0.29, 0.717) is 0 Å². The second-order valence-corrected chi connectivity index (χ2v) is 14.8. The zero-order chi connectivity index (χ0) is 42.1. The Morgan fingerprint density at radius 2 is 0.879 bits per heavy atom. The Labute approximate surface area is 324 Å². The third kappa shape index (κ3) is 8.58. The average molecular weight is 829 g/mol. The molecule has 0 bridgehead atoms. The predicted octanol–water partition coefficient (Wildman–Crippen LogP) is 6.70. The lowest BCUT2D eigenvalue weighted by molar-refractivity contribution is -0.132. The zero-order valence-corrected chi connectivity index (χ0v) is 30.4. The smallest absolute Gasteiger partial charge is 0.335 e. The van der Waals surface area contributed by atoms with E-state index in [-0.39, 0.29) is 55.4 Å². The van der Waals surface area contributed by atoms with Crippen LogP contribution in [-0.2, 0) is 29.8 Å². The van der Waals surface area contributed by atoms with Gasteiger partial charge in [-0.2, -0.15) is 27.1 Å². The maximum Gasteiger partial charge on any atom is 0.335 e. The zero-order valence-electron chi connectivity index (χ0n) is 28.8. The van der Waals surface area contributed by atoms with Gasteiger partial charge in [0.2, 0.25) is 0 Å². The number of rotatable bonds is 10. The van der Waals surface area contributed by atoms with Crippen LogP contribution in [0.25, 0.3) is 21.5 Å². The SMILES string of the molecule is O=C(Nc1ccc2c(O)c(N=Nc3cccc(C(=O)O)c3)c(S(=O)(=O)O)cc2c1)C(=O)Nc1ccc2c(O)c(N=Nc3cccc(C(=O)O)c3)c(S(=O)(=O)O)cc2c1. The van der Waals surface area contributed by atoms with Gasteiger partial charge in [-0.05, 0) is 95.7 Å². The summed E-state index contributed by atoms with van der Waals surface area (Å²) in [6, 6.07) is 19.4. The van der Waals surface area contributed by atoms with Crippen LogP contribution in [0.4, 0.5) is 34.1 Å². The van der Waals surface area contributed by atoms with Gasteiger partial charge in [-0.15, -0.1) is 10.2 Å². The van der Waals surface area contributed by atoms with Gasteiger partial charge in [0.1, 0.15) is 21.2 Å². The number of fused-ring (bicyclic) bond motifs is 2. The molecule has 0 radical (unpaired) electrons. The number of hydrogen-bond donors (Lipinski definition) is 8. The number of carbonyl (C=O) groups is 4. The van der Waals surface area contributed by atoms with Gasteiger partial charge >= 0.3 is 23.8 Å². The van der Waals surface area contributed by atoms with Crippen LogP contribution in [0.1, 0.15) is 20.7 Å². The Balaban J connectivity index is 1.25. The van der Waals surface area contributed by atoms with Crippen molar-refractivity contribution in [3.05, 3.63) is 108 Å². The number of nitrogens with zero attached hydrogens (tertiary/aromatic N) is 4. The van der Waals surface area contributed by atoms with Crippen LogP contribution < -0.4 is 10.6 Å². The Kier molecular flexibility index (Phi) is 10.7. The van der Waals surface area contributed by atoms with E-state index in [2.05, 4.69) is 31.1 Å². The quantitative estimate of drug-likeness (QED) is 0.0405. The van der Waals surface area contributed by atoms with E-state index in [1.165, 1.54) is 72.8 Å². The van der Waals surface area contributed by atoms with Crippen molar-refractivity contribution in [2.45, 2.75) is 9.79 Å². The fourth-order valence-electron chi connectivity index (χ4n) is 5.44. The van der Waals surface area contributed by atoms with E-state index in [1.54, 1.807) is 0 Å². The molecule has 0 aromatic heterocycles. The summed E-state index contributed by atoms with van der Waals surface area (Å²) in [5, 5.41) is 59.8. The molecule has 0 aliphatic rings. The number of aromatic hydroxyl groups is 2. The maximum absolute atomic E-state index is 12.9. The maximum atomic E-state index is 12.9. The summed E-state index contributed by atoms with van der Waals surface area (Å²) in [6.07, 6.45) is 0. The molecular formula is C36H24N6O14S2. The van der Waals surface area contributed by atoms with E-state index in [9.17, 15) is 65.5 Å². The van der Waals surface area contributed by atoms with E-state index < -0.39 is 76.7 Å². The number of aromatic carboxylic acids is 2. The largest absolute Gasteiger partial charge is 0.505 e. The van der Waals surface area contributed by atoms with Crippen LogP contribution in [0.5, 0.6) is 11.5 Å². The summed E-state index contributed by atoms with van der Waals surface area (Å²) >= 11 is 0. The molecule has 0 aliphatic heterocycles. The van der Waals surface area contributed by atoms with Crippen molar-refractivity contribution in [3.63, 3.8) is 0 Å². The van der Waals surface area contributed by atoms with Gasteiger partial charge in [0.15, 0.2) is 11.5 Å². The van der Waals surface area contributed by atoms with Crippen molar-refractivity contribution in [1.82, 2.24) is 0 Å². The summed E-state index contributed by atoms with van der Waals surface area (Å²) in [7, 11) is -10.1. The molecule has 0 saturated heterocycles. The molecule has 0 atom stereocenters. The van der Waals surface area contributed by atoms with E-state index >= 15 is 0 Å². The fourth-order valence-corrected chi connectivity index (χ4v) is 6.75. The predicted molar refractivity (Wildman–Crippen MR) is 203 cm³/mol. The minimum absolute atomic E-state index is 0.0159. The van der Waals surface area contributed by atoms with Gasteiger partial charge in [0.05, 0.1) is 22.5 Å². The summed E-state index contributed by atoms with van der Waals surface area (Å²) in [6.45, 7) is 0. The van der Waals surface area contributed by atoms with Gasteiger partial charge in [-0.1, -0.05) is 12.1 Å². The molecular weight excluding hydrogens is 805 g/mol. The van der Waals surface area contributed by atoms with Crippen LogP contribution in [0.3, 0.4) is 0 Å². The lowest BCUT2D eigenvalue weighted by Crippen LogP contribution is -2.29. The number of azo groups is 2. The number of carboxylic acids is 2. The highest BCUT2D eigenvalue weighted by atomic mass is 32.2. The Hall–Kier alpha value is -7.66. The second kappa shape index (κ2) is 15.5. The first-order chi connectivity index (χ1) is 27.3. The number of nitrogens with one attached hydrogen (secondary N) is 2. The Morgan fingerprint density at radius 3 is 1.22 bits per heavy atom. The highest BCUT2D eigenvalue weighted by molar-refractivity contribution is 7.86. The first kappa shape index (κ1) is 40.0. The van der Waals surface area contributed by atoms with Gasteiger partial charge < -0.3 is 31.1 Å². The number of phenols is 2. The first-order valence-corrected chi connectivity index (χ1v) is 18.8. The van der Waals surface area contributed by atoms with Gasteiger partial charge in [0, 0.05) is 22.1 Å². The molecule has 0 fully saturated rings. The van der Waals surface area contributed by atoms with Crippen LogP contribution in [0.2, 0.25) is 0 Å². The van der Waals surface area contributed by atoms with Crippen molar-refractivity contribution < 1.29 is 65.5 Å². The third-order valence-electron chi connectivity index (χ3n) is 8.10. The molecule has 58 heavy (non-hydrogen) atoms. The second-order valence-electron chi connectivity index (χ2n) is 12.0. The van der Waals surface area contributed by atoms with Crippen molar-refractivity contribution in [2.24, 2.45) is 20.5 Å². The molecule has 294 valence electrons. The number of carboxylic acid groups (broad SMARTS) is 2. The molecule has 0 heterocycles.